The van der Waals surface area contributed by atoms with Crippen molar-refractivity contribution in [1.29, 1.82) is 0 Å². The van der Waals surface area contributed by atoms with Crippen molar-refractivity contribution in [2.45, 2.75) is 32.4 Å². The summed E-state index contributed by atoms with van der Waals surface area (Å²) < 4.78 is 5.72. The molecule has 0 aliphatic carbocycles. The minimum atomic E-state index is -0.0545. The standard InChI is InChI=1S/C20H25N3O2S/c24-19(16-5-2-1-3-6-16)21-11-18-22-17(13-26-18)12-23-9-8-20(14-23)7-4-10-25-15-20/h1-3,5-6,13H,4,7-12,14-15H2,(H,21,24). The number of amides is 1. The molecule has 2 aliphatic rings. The van der Waals surface area contributed by atoms with Crippen molar-refractivity contribution in [3.05, 3.63) is 52.0 Å². The van der Waals surface area contributed by atoms with Gasteiger partial charge in [0.25, 0.3) is 5.91 Å². The average molecular weight is 372 g/mol. The number of hydrogen-bond donors (Lipinski definition) is 1. The third-order valence-electron chi connectivity index (χ3n) is 5.34. The van der Waals surface area contributed by atoms with Gasteiger partial charge in [0, 0.05) is 36.1 Å². The number of ether oxygens (including phenoxy) is 1. The van der Waals surface area contributed by atoms with E-state index in [4.69, 9.17) is 9.72 Å². The maximum absolute atomic E-state index is 12.1. The molecule has 2 aromatic rings. The van der Waals surface area contributed by atoms with E-state index in [1.165, 1.54) is 19.3 Å². The Morgan fingerprint density at radius 2 is 2.19 bits per heavy atom. The van der Waals surface area contributed by atoms with Gasteiger partial charge in [-0.3, -0.25) is 9.69 Å². The molecular weight excluding hydrogens is 346 g/mol. The highest BCUT2D eigenvalue weighted by atomic mass is 32.1. The maximum Gasteiger partial charge on any atom is 0.251 e. The van der Waals surface area contributed by atoms with Gasteiger partial charge in [-0.15, -0.1) is 11.3 Å². The van der Waals surface area contributed by atoms with Crippen LogP contribution in [-0.4, -0.2) is 42.1 Å². The van der Waals surface area contributed by atoms with Crippen LogP contribution < -0.4 is 5.32 Å². The molecule has 1 unspecified atom stereocenters. The number of aromatic nitrogens is 1. The van der Waals surface area contributed by atoms with Crippen molar-refractivity contribution in [1.82, 2.24) is 15.2 Å². The first-order valence-corrected chi connectivity index (χ1v) is 10.2. The summed E-state index contributed by atoms with van der Waals surface area (Å²) in [6, 6.07) is 9.29. The van der Waals surface area contributed by atoms with E-state index in [9.17, 15) is 4.79 Å². The minimum absolute atomic E-state index is 0.0545. The van der Waals surface area contributed by atoms with E-state index in [2.05, 4.69) is 15.6 Å². The van der Waals surface area contributed by atoms with Crippen LogP contribution in [0, 0.1) is 5.41 Å². The molecule has 138 valence electrons. The van der Waals surface area contributed by atoms with Gasteiger partial charge in [0.05, 0.1) is 18.8 Å². The van der Waals surface area contributed by atoms with Crippen LogP contribution in [0.2, 0.25) is 0 Å². The van der Waals surface area contributed by atoms with Crippen molar-refractivity contribution >= 4 is 17.2 Å². The highest BCUT2D eigenvalue weighted by molar-refractivity contribution is 7.09. The van der Waals surface area contributed by atoms with Gasteiger partial charge >= 0.3 is 0 Å². The summed E-state index contributed by atoms with van der Waals surface area (Å²) in [6.07, 6.45) is 3.71. The number of rotatable bonds is 5. The van der Waals surface area contributed by atoms with Crippen LogP contribution in [0.1, 0.15) is 40.3 Å². The van der Waals surface area contributed by atoms with Crippen molar-refractivity contribution < 1.29 is 9.53 Å². The highest BCUT2D eigenvalue weighted by Crippen LogP contribution is 2.38. The fourth-order valence-corrected chi connectivity index (χ4v) is 4.70. The average Bonchev–Trinajstić information content (AvgIpc) is 3.28. The molecule has 4 rings (SSSR count). The van der Waals surface area contributed by atoms with Crippen LogP contribution >= 0.6 is 11.3 Å². The number of thiazole rings is 1. The molecule has 2 fully saturated rings. The lowest BCUT2D eigenvalue weighted by Crippen LogP contribution is -2.34. The smallest absolute Gasteiger partial charge is 0.251 e. The molecule has 0 saturated carbocycles. The van der Waals surface area contributed by atoms with Crippen LogP contribution in [0.25, 0.3) is 0 Å². The van der Waals surface area contributed by atoms with E-state index >= 15 is 0 Å². The van der Waals surface area contributed by atoms with E-state index in [1.807, 2.05) is 30.3 Å². The molecular formula is C20H25N3O2S. The Labute approximate surface area is 158 Å². The molecule has 6 heteroatoms. The third kappa shape index (κ3) is 4.14. The number of likely N-dealkylation sites (tertiary alicyclic amines) is 1. The van der Waals surface area contributed by atoms with E-state index < -0.39 is 0 Å². The number of nitrogens with one attached hydrogen (secondary N) is 1. The lowest BCUT2D eigenvalue weighted by molar-refractivity contribution is -0.00252. The predicted octanol–water partition coefficient (Wildman–Crippen LogP) is 3.08. The number of benzene rings is 1. The van der Waals surface area contributed by atoms with Crippen LogP contribution in [0.3, 0.4) is 0 Å². The Morgan fingerprint density at radius 3 is 3.00 bits per heavy atom. The van der Waals surface area contributed by atoms with Crippen LogP contribution in [-0.2, 0) is 17.8 Å². The molecule has 1 N–H and O–H groups in total. The Hall–Kier alpha value is -1.76. The summed E-state index contributed by atoms with van der Waals surface area (Å²) in [5.74, 6) is -0.0545. The van der Waals surface area contributed by atoms with Crippen LogP contribution in [0.15, 0.2) is 35.7 Å². The van der Waals surface area contributed by atoms with Gasteiger partial charge in [-0.1, -0.05) is 18.2 Å². The Balaban J connectivity index is 1.28. The summed E-state index contributed by atoms with van der Waals surface area (Å²) in [7, 11) is 0. The first-order valence-electron chi connectivity index (χ1n) is 9.29. The molecule has 5 nitrogen and oxygen atoms in total. The summed E-state index contributed by atoms with van der Waals surface area (Å²) in [4.78, 5) is 19.3. The van der Waals surface area contributed by atoms with E-state index in [0.29, 0.717) is 17.5 Å². The molecule has 2 saturated heterocycles. The highest BCUT2D eigenvalue weighted by Gasteiger charge is 2.39. The van der Waals surface area contributed by atoms with E-state index in [1.54, 1.807) is 11.3 Å². The SMILES string of the molecule is O=C(NCc1nc(CN2CCC3(CCCOC3)C2)cs1)c1ccccc1. The molecule has 1 amide bonds. The van der Waals surface area contributed by atoms with Gasteiger partial charge in [0.2, 0.25) is 0 Å². The summed E-state index contributed by atoms with van der Waals surface area (Å²) >= 11 is 1.62. The molecule has 26 heavy (non-hydrogen) atoms. The molecule has 1 aromatic carbocycles. The number of nitrogens with zero attached hydrogens (tertiary/aromatic N) is 2. The zero-order valence-corrected chi connectivity index (χ0v) is 15.8. The second-order valence-corrected chi connectivity index (χ2v) is 8.34. The van der Waals surface area contributed by atoms with Gasteiger partial charge in [-0.25, -0.2) is 4.98 Å². The molecule has 1 spiro atoms. The Morgan fingerprint density at radius 1 is 1.31 bits per heavy atom. The van der Waals surface area contributed by atoms with Gasteiger partial charge in [-0.2, -0.15) is 0 Å². The molecule has 0 radical (unpaired) electrons. The zero-order chi connectivity index (χ0) is 17.8. The normalized spacial score (nSPS) is 23.4. The van der Waals surface area contributed by atoms with Gasteiger partial charge < -0.3 is 10.1 Å². The fraction of sp³-hybridized carbons (Fsp3) is 0.500. The first-order chi connectivity index (χ1) is 12.7. The lowest BCUT2D eigenvalue weighted by Gasteiger charge is -2.33. The zero-order valence-electron chi connectivity index (χ0n) is 14.9. The predicted molar refractivity (Wildman–Crippen MR) is 102 cm³/mol. The van der Waals surface area contributed by atoms with Gasteiger partial charge in [-0.05, 0) is 37.9 Å². The van der Waals surface area contributed by atoms with Crippen molar-refractivity contribution in [3.63, 3.8) is 0 Å². The first kappa shape index (κ1) is 17.6. The molecule has 1 aromatic heterocycles. The number of carbonyl (C=O) groups excluding carboxylic acids is 1. The minimum Gasteiger partial charge on any atom is -0.381 e. The Kier molecular flexibility index (Phi) is 5.33. The van der Waals surface area contributed by atoms with Crippen molar-refractivity contribution in [2.24, 2.45) is 5.41 Å². The summed E-state index contributed by atoms with van der Waals surface area (Å²) in [5, 5.41) is 6.02. The van der Waals surface area contributed by atoms with Crippen molar-refractivity contribution in [2.75, 3.05) is 26.3 Å². The van der Waals surface area contributed by atoms with E-state index in [0.717, 1.165) is 43.5 Å². The second kappa shape index (κ2) is 7.86. The monoisotopic (exact) mass is 371 g/mol. The third-order valence-corrected chi connectivity index (χ3v) is 6.24. The molecule has 2 aliphatic heterocycles. The topological polar surface area (TPSA) is 54.5 Å². The van der Waals surface area contributed by atoms with Crippen molar-refractivity contribution in [3.8, 4) is 0 Å². The molecule has 0 bridgehead atoms. The summed E-state index contributed by atoms with van der Waals surface area (Å²) in [6.45, 7) is 5.45. The van der Waals surface area contributed by atoms with E-state index in [-0.39, 0.29) is 5.91 Å². The van der Waals surface area contributed by atoms with Gasteiger partial charge in [0.15, 0.2) is 0 Å². The van der Waals surface area contributed by atoms with Crippen LogP contribution in [0.5, 0.6) is 0 Å². The molecule has 3 heterocycles. The Bertz CT molecular complexity index is 741. The number of hydrogen-bond acceptors (Lipinski definition) is 5. The second-order valence-electron chi connectivity index (χ2n) is 7.40. The fourth-order valence-electron chi connectivity index (χ4n) is 3.97. The van der Waals surface area contributed by atoms with Crippen LogP contribution in [0.4, 0.5) is 0 Å². The number of carbonyl (C=O) groups is 1. The van der Waals surface area contributed by atoms with Gasteiger partial charge in [0.1, 0.15) is 5.01 Å². The lowest BCUT2D eigenvalue weighted by atomic mass is 9.82. The molecule has 1 atom stereocenters. The quantitative estimate of drug-likeness (QED) is 0.878. The largest absolute Gasteiger partial charge is 0.381 e. The maximum atomic E-state index is 12.1. The summed E-state index contributed by atoms with van der Waals surface area (Å²) in [5.41, 5.74) is 2.16.